The maximum atomic E-state index is 13.3. The van der Waals surface area contributed by atoms with Gasteiger partial charge in [0.25, 0.3) is 0 Å². The van der Waals surface area contributed by atoms with Crippen molar-refractivity contribution >= 4 is 34.3 Å². The summed E-state index contributed by atoms with van der Waals surface area (Å²) in [6.07, 6.45) is 8.89. The van der Waals surface area contributed by atoms with E-state index in [0.717, 1.165) is 63.9 Å². The highest BCUT2D eigenvalue weighted by molar-refractivity contribution is 8.00. The van der Waals surface area contributed by atoms with Crippen LogP contribution in [0, 0.1) is 17.8 Å². The third kappa shape index (κ3) is 9.79. The molecule has 3 aliphatic rings. The summed E-state index contributed by atoms with van der Waals surface area (Å²) in [6.45, 7) is 5.22. The Morgan fingerprint density at radius 1 is 0.855 bits per heavy atom. The highest BCUT2D eigenvalue weighted by Gasteiger charge is 2.64. The Kier molecular flexibility index (Phi) is 14.4. The minimum atomic E-state index is -1.16. The Morgan fingerprint density at radius 3 is 2.34 bits per heavy atom. The van der Waals surface area contributed by atoms with Crippen molar-refractivity contribution in [3.05, 3.63) is 162 Å². The van der Waals surface area contributed by atoms with Crippen LogP contribution in [0.4, 0.5) is 4.79 Å². The zero-order valence-corrected chi connectivity index (χ0v) is 35.9. The lowest BCUT2D eigenvalue weighted by atomic mass is 9.56. The molecule has 1 amide bonds. The Morgan fingerprint density at radius 2 is 1.58 bits per heavy atom. The molecule has 1 saturated carbocycles. The molecular weight excluding hydrogens is 797 g/mol. The number of benzene rings is 5. The minimum absolute atomic E-state index is 0.0985. The average Bonchev–Trinajstić information content (AvgIpc) is 3.30. The summed E-state index contributed by atoms with van der Waals surface area (Å²) in [5.74, 6) is -0.346. The molecule has 1 heterocycles. The molecule has 0 spiro atoms. The number of carbonyl (C=O) groups is 1. The number of oxime groups is 1. The lowest BCUT2D eigenvalue weighted by Crippen LogP contribution is -2.64. The van der Waals surface area contributed by atoms with E-state index in [2.05, 4.69) is 60.4 Å². The number of rotatable bonds is 19. The lowest BCUT2D eigenvalue weighted by molar-refractivity contribution is -0.223. The van der Waals surface area contributed by atoms with Crippen LogP contribution in [0.2, 0.25) is 0 Å². The number of aliphatic hydroxyl groups is 2. The summed E-state index contributed by atoms with van der Waals surface area (Å²) in [7, 11) is 0. The third-order valence-corrected chi connectivity index (χ3v) is 13.7. The fourth-order valence-electron chi connectivity index (χ4n) is 9.57. The summed E-state index contributed by atoms with van der Waals surface area (Å²) in [5.41, 5.74) is 4.82. The predicted molar refractivity (Wildman–Crippen MR) is 245 cm³/mol. The smallest absolute Gasteiger partial charge is 0.412 e. The standard InChI is InChI=1S/C52H56N2O7S/c1-2-29-58-52-48(62-42-25-23-38-19-9-10-20-39(38)30-42)33-46(54-59-35-37-17-7-4-8-18-37)44-31-40(21-11-13-27-55)43(22-12-14-28-56)49(50(44)52)45-32-41(24-26-47(45)61-52)60-51(57)53-34-36-15-5-3-6-16-36/h2-10,15-20,23-26,30-32,40,43,48-50,55-56H,1,11-14,21-22,27-29,33-35H2,(H,53,57)/t40-,43+,48-,49+,50+,52+/m0/s1. The average molecular weight is 853 g/mol. The van der Waals surface area contributed by atoms with Crippen LogP contribution in [-0.4, -0.2) is 52.9 Å². The fourth-order valence-corrected chi connectivity index (χ4v) is 10.9. The van der Waals surface area contributed by atoms with Crippen LogP contribution < -0.4 is 14.8 Å². The van der Waals surface area contributed by atoms with Gasteiger partial charge in [0.15, 0.2) is 0 Å². The molecule has 0 bridgehead atoms. The van der Waals surface area contributed by atoms with Crippen LogP contribution >= 0.6 is 11.8 Å². The van der Waals surface area contributed by atoms with Crippen LogP contribution in [0.25, 0.3) is 10.8 Å². The molecule has 2 aliphatic carbocycles. The van der Waals surface area contributed by atoms with Gasteiger partial charge in [0.1, 0.15) is 18.1 Å². The van der Waals surface area contributed by atoms with E-state index in [1.165, 1.54) is 5.39 Å². The molecule has 0 aromatic heterocycles. The molecular formula is C52H56N2O7S. The molecule has 10 heteroatoms. The Hall–Kier alpha value is -5.39. The highest BCUT2D eigenvalue weighted by atomic mass is 32.2. The first-order valence-electron chi connectivity index (χ1n) is 21.9. The zero-order valence-electron chi connectivity index (χ0n) is 35.1. The monoisotopic (exact) mass is 852 g/mol. The molecule has 1 fully saturated rings. The second-order valence-corrected chi connectivity index (χ2v) is 17.6. The summed E-state index contributed by atoms with van der Waals surface area (Å²) in [4.78, 5) is 20.6. The van der Waals surface area contributed by atoms with E-state index in [1.807, 2.05) is 72.8 Å². The molecule has 5 aromatic rings. The molecule has 0 radical (unpaired) electrons. The van der Waals surface area contributed by atoms with Crippen LogP contribution in [0.1, 0.15) is 67.6 Å². The molecule has 3 N–H and O–H groups in total. The summed E-state index contributed by atoms with van der Waals surface area (Å²) in [6, 6.07) is 40.4. The van der Waals surface area contributed by atoms with Crippen LogP contribution in [0.5, 0.6) is 11.5 Å². The molecule has 62 heavy (non-hydrogen) atoms. The van der Waals surface area contributed by atoms with Gasteiger partial charge in [0, 0.05) is 42.6 Å². The molecule has 0 unspecified atom stereocenters. The highest BCUT2D eigenvalue weighted by Crippen LogP contribution is 2.63. The van der Waals surface area contributed by atoms with Crippen molar-refractivity contribution in [2.75, 3.05) is 19.8 Å². The number of ether oxygens (including phenoxy) is 3. The second-order valence-electron chi connectivity index (χ2n) is 16.4. The van der Waals surface area contributed by atoms with Gasteiger partial charge in [-0.25, -0.2) is 4.79 Å². The van der Waals surface area contributed by atoms with Crippen molar-refractivity contribution in [3.8, 4) is 11.5 Å². The van der Waals surface area contributed by atoms with Gasteiger partial charge in [-0.05, 0) is 95.3 Å². The van der Waals surface area contributed by atoms with Gasteiger partial charge in [-0.1, -0.05) is 121 Å². The van der Waals surface area contributed by atoms with Crippen molar-refractivity contribution in [2.24, 2.45) is 22.9 Å². The number of carbonyl (C=O) groups excluding carboxylic acids is 1. The first kappa shape index (κ1) is 43.3. The summed E-state index contributed by atoms with van der Waals surface area (Å²) >= 11 is 1.73. The van der Waals surface area contributed by atoms with E-state index < -0.39 is 11.9 Å². The number of hydrogen-bond donors (Lipinski definition) is 3. The SMILES string of the molecule is C=CCO[C@@]12Oc3ccc(OC(=O)NCc4ccccc4)cc3[C@H]3[C@H](CCCCO)[C@@H](CCCCO)C=C(C(=NOCc4ccccc4)C[C@@H]1Sc1ccc4ccccc4c1)[C@H]32. The number of nitrogens with one attached hydrogen (secondary N) is 1. The summed E-state index contributed by atoms with van der Waals surface area (Å²) < 4.78 is 20.5. The van der Waals surface area contributed by atoms with Crippen LogP contribution in [-0.2, 0) is 22.7 Å². The Labute approximate surface area is 368 Å². The van der Waals surface area contributed by atoms with E-state index >= 15 is 0 Å². The normalized spacial score (nSPS) is 23.1. The number of fused-ring (bicyclic) bond motifs is 3. The fraction of sp³-hybridized carbons (Fsp3) is 0.346. The zero-order chi connectivity index (χ0) is 42.7. The number of aliphatic hydroxyl groups excluding tert-OH is 2. The van der Waals surface area contributed by atoms with Gasteiger partial charge in [0.2, 0.25) is 5.79 Å². The van der Waals surface area contributed by atoms with Gasteiger partial charge in [-0.3, -0.25) is 0 Å². The van der Waals surface area contributed by atoms with Crippen molar-refractivity contribution in [1.29, 1.82) is 0 Å². The number of unbranched alkanes of at least 4 members (excludes halogenated alkanes) is 2. The number of thioether (sulfide) groups is 1. The largest absolute Gasteiger partial charge is 0.460 e. The number of amides is 1. The van der Waals surface area contributed by atoms with Gasteiger partial charge >= 0.3 is 6.09 Å². The number of allylic oxidation sites excluding steroid dienone is 1. The molecule has 9 nitrogen and oxygen atoms in total. The predicted octanol–water partition coefficient (Wildman–Crippen LogP) is 10.8. The van der Waals surface area contributed by atoms with Crippen molar-refractivity contribution in [3.63, 3.8) is 0 Å². The molecule has 6 atom stereocenters. The number of nitrogens with zero attached hydrogens (tertiary/aromatic N) is 1. The van der Waals surface area contributed by atoms with Crippen molar-refractivity contribution < 1.29 is 34.1 Å². The Bertz CT molecular complexity index is 2350. The van der Waals surface area contributed by atoms with E-state index in [9.17, 15) is 15.0 Å². The maximum Gasteiger partial charge on any atom is 0.412 e. The van der Waals surface area contributed by atoms with Crippen molar-refractivity contribution in [1.82, 2.24) is 5.32 Å². The molecule has 8 rings (SSSR count). The quantitative estimate of drug-likeness (QED) is 0.0427. The van der Waals surface area contributed by atoms with E-state index in [4.69, 9.17) is 24.2 Å². The topological polar surface area (TPSA) is 119 Å². The lowest BCUT2D eigenvalue weighted by Gasteiger charge is -2.58. The Balaban J connectivity index is 1.25. The third-order valence-electron chi connectivity index (χ3n) is 12.4. The van der Waals surface area contributed by atoms with Gasteiger partial charge < -0.3 is 34.6 Å². The van der Waals surface area contributed by atoms with E-state index in [1.54, 1.807) is 23.9 Å². The van der Waals surface area contributed by atoms with E-state index in [-0.39, 0.29) is 48.7 Å². The molecule has 5 aromatic carbocycles. The maximum absolute atomic E-state index is 13.3. The van der Waals surface area contributed by atoms with E-state index in [0.29, 0.717) is 43.9 Å². The van der Waals surface area contributed by atoms with Crippen molar-refractivity contribution in [2.45, 2.75) is 79.9 Å². The molecule has 1 aliphatic heterocycles. The van der Waals surface area contributed by atoms with Gasteiger partial charge in [-0.15, -0.1) is 18.3 Å². The minimum Gasteiger partial charge on any atom is -0.460 e. The summed E-state index contributed by atoms with van der Waals surface area (Å²) in [5, 5.41) is 29.8. The number of hydrogen-bond acceptors (Lipinski definition) is 9. The van der Waals surface area contributed by atoms with Crippen LogP contribution in [0.3, 0.4) is 0 Å². The van der Waals surface area contributed by atoms with Gasteiger partial charge in [-0.2, -0.15) is 0 Å². The molecule has 322 valence electrons. The molecule has 0 saturated heterocycles. The van der Waals surface area contributed by atoms with Crippen LogP contribution in [0.15, 0.2) is 156 Å². The van der Waals surface area contributed by atoms with Gasteiger partial charge in [0.05, 0.1) is 23.5 Å². The first-order chi connectivity index (χ1) is 30.5. The second kappa shape index (κ2) is 20.7. The first-order valence-corrected chi connectivity index (χ1v) is 22.8.